The maximum absolute atomic E-state index is 12.6. The van der Waals surface area contributed by atoms with E-state index in [1.807, 2.05) is 137 Å². The van der Waals surface area contributed by atoms with Gasteiger partial charge in [-0.2, -0.15) is 37.9 Å². The van der Waals surface area contributed by atoms with Gasteiger partial charge in [-0.05, 0) is 100 Å². The van der Waals surface area contributed by atoms with Crippen LogP contribution in [0, 0.1) is 18.0 Å². The minimum atomic E-state index is -4.85. The number of H-pyrrole nitrogens is 1. The van der Waals surface area contributed by atoms with Gasteiger partial charge in [0.1, 0.15) is 11.4 Å². The Morgan fingerprint density at radius 2 is 0.915 bits per heavy atom. The summed E-state index contributed by atoms with van der Waals surface area (Å²) < 4.78 is 96.9. The molecule has 106 heavy (non-hydrogen) atoms. The normalized spacial score (nSPS) is 11.6. The SMILES string of the molecule is C.C.C.C1CCOC1.C1CCOC1.C1CCOC1.CC(=O)N(C)C.CC(=O)c1nccn1-c1ccccc1.CC(=O)c1nccn1-c1ccccc1.CC(C)(C)[O-].CCOC(=O)C(F)(F)F.FC(F)(F)c1cc(-c2nccn2-c2ccccc2)n[nH]1.N=N.O.[CH2-]CCC.[HH].[K+].[Li+].c1ccc(-n2ccnc2)cc1. The average Bonchev–Trinajstić information content (AvgIpc) is 1.67. The first kappa shape index (κ1) is 109. The Hall–Kier alpha value is -7.58. The third kappa shape index (κ3) is 49.3. The molecule has 3 aliphatic rings. The number of alkyl halides is 6. The minimum Gasteiger partial charge on any atom is -0.850 e. The number of halogens is 6. The van der Waals surface area contributed by atoms with Gasteiger partial charge in [-0.1, -0.05) is 129 Å². The zero-order valence-corrected chi connectivity index (χ0v) is 64.2. The fourth-order valence-electron chi connectivity index (χ4n) is 7.35. The molecule has 3 fully saturated rings. The molecule has 0 unspecified atom stereocenters. The summed E-state index contributed by atoms with van der Waals surface area (Å²) in [6.45, 7) is 22.2. The molecule has 0 aliphatic carbocycles. The van der Waals surface area contributed by atoms with Crippen LogP contribution in [0.4, 0.5) is 26.3 Å². The molecule has 1 amide bonds. The molecule has 5 aromatic heterocycles. The summed E-state index contributed by atoms with van der Waals surface area (Å²) in [5.41, 5.74) is 12.4. The van der Waals surface area contributed by atoms with Crippen molar-refractivity contribution in [3.8, 4) is 34.3 Å². The quantitative estimate of drug-likeness (QED) is 0.0302. The Morgan fingerprint density at radius 3 is 1.16 bits per heavy atom. The third-order valence-corrected chi connectivity index (χ3v) is 12.3. The van der Waals surface area contributed by atoms with Crippen molar-refractivity contribution in [2.75, 3.05) is 60.3 Å². The number of carbonyl (C=O) groups is 4. The Balaban J connectivity index is -0.000000211. The van der Waals surface area contributed by atoms with Gasteiger partial charge >= 0.3 is 88.6 Å². The number of ether oxygens (including phenoxy) is 4. The molecule has 0 spiro atoms. The zero-order chi connectivity index (χ0) is 74.8. The first-order valence-corrected chi connectivity index (χ1v) is 32.0. The molecule has 31 heteroatoms. The summed E-state index contributed by atoms with van der Waals surface area (Å²) in [5, 5.41) is 15.8. The Labute approximate surface area is 678 Å². The van der Waals surface area contributed by atoms with E-state index >= 15 is 0 Å². The molecule has 4 aromatic carbocycles. The van der Waals surface area contributed by atoms with Gasteiger partial charge in [-0.25, -0.2) is 35.8 Å². The number of aromatic amines is 1. The fourth-order valence-corrected chi connectivity index (χ4v) is 7.35. The molecule has 0 saturated carbocycles. The molecule has 580 valence electrons. The smallest absolute Gasteiger partial charge is 0.850 e. The largest absolute Gasteiger partial charge is 1.00 e. The average molecular weight is 1510 g/mol. The van der Waals surface area contributed by atoms with Crippen LogP contribution in [0.1, 0.15) is 157 Å². The second-order valence-electron chi connectivity index (χ2n) is 22.0. The first-order valence-electron chi connectivity index (χ1n) is 32.0. The second-order valence-corrected chi connectivity index (χ2v) is 22.0. The number of hydrogen-bond donors (Lipinski definition) is 3. The van der Waals surface area contributed by atoms with E-state index in [1.165, 1.54) is 83.7 Å². The molecular formula is C75H111F6KLiN13O10. The van der Waals surface area contributed by atoms with E-state index in [9.17, 15) is 50.6 Å². The zero-order valence-electron chi connectivity index (χ0n) is 61.0. The molecule has 23 nitrogen and oxygen atoms in total. The summed E-state index contributed by atoms with van der Waals surface area (Å²) in [6.07, 6.45) is 16.1. The van der Waals surface area contributed by atoms with Crippen LogP contribution in [-0.2, 0) is 34.7 Å². The topological polar surface area (TPSA) is 311 Å². The predicted molar refractivity (Wildman–Crippen MR) is 395 cm³/mol. The molecule has 0 bridgehead atoms. The maximum Gasteiger partial charge on any atom is 1.00 e. The summed E-state index contributed by atoms with van der Waals surface area (Å²) in [5.74, 6) is -0.812. The van der Waals surface area contributed by atoms with E-state index in [0.717, 1.165) is 74.9 Å². The summed E-state index contributed by atoms with van der Waals surface area (Å²) in [7, 11) is 3.45. The Kier molecular flexibility index (Phi) is 65.5. The van der Waals surface area contributed by atoms with Crippen molar-refractivity contribution >= 4 is 23.4 Å². The monoisotopic (exact) mass is 1510 g/mol. The van der Waals surface area contributed by atoms with Crippen molar-refractivity contribution in [3.63, 3.8) is 0 Å². The minimum absolute atomic E-state index is 0. The standard InChI is InChI=1S/C13H9F3N4.2C11H10N2O.C9H8N2.C4H5F3O2.C4H9NO.3C4H8O.C4H9O.C4H9.3CH4.K.Li.H2N2.H2O.H2/c14-13(15,16)11-8-10(18-19-11)12-17-6-7-20(12)9-4-2-1-3-5-9;2*1-9(14)11-12-7-8-13(11)10-5-3-2-4-6-10;1-2-4-9(5-3-1)11-7-6-10-8-11;1-2-9-3(8)4(5,6)7;1-4(6)5(2)3;3*1-2-4-5-3-1;1-4(2,3)5;1-3-4-2;;;;;;1-2;;/h1-8H,(H,18,19);2*2-8H,1H3;1-8H;2H2,1H3;1-3H3;3*1-4H2;1-3H3;1,3-4H2,2H3;3*1H4;;;1-2H;1H2;1H/q;;;;;;;;;2*-1;;;;2*+1;;;. The van der Waals surface area contributed by atoms with Gasteiger partial charge in [0.15, 0.2) is 29.0 Å². The maximum atomic E-state index is 12.6. The molecular weight excluding hydrogens is 1400 g/mol. The number of imidazole rings is 4. The molecule has 8 heterocycles. The summed E-state index contributed by atoms with van der Waals surface area (Å²) in [6, 6.07) is 39.6. The number of esters is 1. The number of unbranched alkanes of at least 4 members (excludes halogenated alkanes) is 1. The van der Waals surface area contributed by atoms with Gasteiger partial charge < -0.3 is 45.9 Å². The summed E-state index contributed by atoms with van der Waals surface area (Å²) in [4.78, 5) is 59.8. The van der Waals surface area contributed by atoms with Crippen molar-refractivity contribution in [3.05, 3.63) is 208 Å². The van der Waals surface area contributed by atoms with E-state index in [2.05, 4.69) is 43.6 Å². The van der Waals surface area contributed by atoms with Gasteiger partial charge in [-0.15, -0.1) is 5.60 Å². The predicted octanol–water partition coefficient (Wildman–Crippen LogP) is 10.6. The van der Waals surface area contributed by atoms with Gasteiger partial charge in [-0.3, -0.25) is 33.2 Å². The molecule has 5 N–H and O–H groups in total. The van der Waals surface area contributed by atoms with E-state index in [0.29, 0.717) is 17.5 Å². The molecule has 9 aromatic rings. The van der Waals surface area contributed by atoms with Crippen molar-refractivity contribution in [1.82, 2.24) is 53.3 Å². The number of Topliss-reactive ketones (excluding diaryl/α,β-unsaturated/α-hetero) is 2. The molecule has 0 atom stereocenters. The van der Waals surface area contributed by atoms with Crippen LogP contribution in [0.5, 0.6) is 0 Å². The number of amides is 1. The van der Waals surface area contributed by atoms with E-state index in [1.54, 1.807) is 92.1 Å². The number of nitrogens with one attached hydrogen (secondary N) is 3. The number of para-hydroxylation sites is 4. The third-order valence-electron chi connectivity index (χ3n) is 12.3. The van der Waals surface area contributed by atoms with Crippen LogP contribution in [0.2, 0.25) is 0 Å². The van der Waals surface area contributed by atoms with Crippen LogP contribution < -0.4 is 75.4 Å². The van der Waals surface area contributed by atoms with Gasteiger partial charge in [0.25, 0.3) is 0 Å². The van der Waals surface area contributed by atoms with Gasteiger partial charge in [0.05, 0.1) is 12.9 Å². The number of hydrogen-bond acceptors (Lipinski definition) is 16. The van der Waals surface area contributed by atoms with E-state index < -0.39 is 29.6 Å². The molecule has 3 saturated heterocycles. The van der Waals surface area contributed by atoms with Crippen molar-refractivity contribution in [2.45, 2.75) is 147 Å². The van der Waals surface area contributed by atoms with Crippen LogP contribution in [0.3, 0.4) is 0 Å². The Morgan fingerprint density at radius 1 is 0.594 bits per heavy atom. The molecule has 12 rings (SSSR count). The van der Waals surface area contributed by atoms with E-state index in [4.69, 9.17) is 25.3 Å². The first-order chi connectivity index (χ1) is 47.6. The number of rotatable bonds is 9. The van der Waals surface area contributed by atoms with Crippen molar-refractivity contribution in [1.29, 1.82) is 11.1 Å². The number of carbonyl (C=O) groups excluding carboxylic acids is 4. The summed E-state index contributed by atoms with van der Waals surface area (Å²) >= 11 is 0. The number of ketones is 2. The van der Waals surface area contributed by atoms with Gasteiger partial charge in [0.2, 0.25) is 5.91 Å². The second kappa shape index (κ2) is 63.5. The van der Waals surface area contributed by atoms with Crippen LogP contribution in [0.15, 0.2) is 183 Å². The fraction of sp³-hybridized carbons (Fsp3) is 0.413. The van der Waals surface area contributed by atoms with Gasteiger partial charge in [0, 0.05) is 148 Å². The van der Waals surface area contributed by atoms with Crippen LogP contribution >= 0.6 is 0 Å². The number of aromatic nitrogens is 10. The van der Waals surface area contributed by atoms with Crippen molar-refractivity contribution < 1.29 is 147 Å². The van der Waals surface area contributed by atoms with E-state index in [-0.39, 0.29) is 129 Å². The molecule has 0 radical (unpaired) electrons. The van der Waals surface area contributed by atoms with Crippen LogP contribution in [-0.4, -0.2) is 154 Å². The number of nitrogens with zero attached hydrogens (tertiary/aromatic N) is 10. The van der Waals surface area contributed by atoms with Crippen molar-refractivity contribution in [2.24, 2.45) is 0 Å². The molecule has 3 aliphatic heterocycles. The van der Waals surface area contributed by atoms with Crippen LogP contribution in [0.25, 0.3) is 34.3 Å². The number of benzene rings is 4. The Bertz CT molecular complexity index is 3420.